The van der Waals surface area contributed by atoms with E-state index in [0.29, 0.717) is 23.4 Å². The predicted molar refractivity (Wildman–Crippen MR) is 225 cm³/mol. The van der Waals surface area contributed by atoms with Gasteiger partial charge in [0.2, 0.25) is 0 Å². The molecule has 15 heteroatoms. The first kappa shape index (κ1) is 63.7. The maximum absolute atomic E-state index is 8.60. The molecule has 0 aliphatic carbocycles. The summed E-state index contributed by atoms with van der Waals surface area (Å²) in [7, 11) is -4.48. The Balaban J connectivity index is -0.000000874. The van der Waals surface area contributed by atoms with Gasteiger partial charge in [-0.1, -0.05) is 0 Å². The van der Waals surface area contributed by atoms with Crippen molar-refractivity contribution in [3.8, 4) is 0 Å². The zero-order valence-electron chi connectivity index (χ0n) is 36.3. The molecule has 0 fully saturated rings. The molecule has 0 aromatic heterocycles. The Hall–Kier alpha value is 4.37. The smallest absolute Gasteiger partial charge is 0.0777 e. The maximum atomic E-state index is 8.60. The van der Waals surface area contributed by atoms with Crippen LogP contribution in [0.1, 0.15) is 158 Å². The van der Waals surface area contributed by atoms with E-state index >= 15 is 0 Å². The van der Waals surface area contributed by atoms with Crippen LogP contribution >= 0.6 is 31.7 Å². The van der Waals surface area contributed by atoms with E-state index in [4.69, 9.17) is 28.1 Å². The largest absolute Gasteiger partial charge is 0.183 e. The molecule has 0 rings (SSSR count). The molecule has 0 saturated carbocycles. The van der Waals surface area contributed by atoms with Crippen LogP contribution in [0, 0.1) is 10.2 Å². The van der Waals surface area contributed by atoms with Crippen molar-refractivity contribution in [3.05, 3.63) is 0 Å². The fraction of sp³-hybridized carbons (Fsp3) is 1.00. The van der Waals surface area contributed by atoms with Crippen molar-refractivity contribution >= 4 is 31.7 Å². The van der Waals surface area contributed by atoms with Crippen molar-refractivity contribution < 1.29 is 114 Å². The SMILES string of the molecule is CCCCP(CCCC)C([CH2][Tc])OC([CH2][Tc])P(CCCC)CCCC.CCCCP(CCCC)C([CH2][Tc])OC([CH2][Tc])P(CCCC)CCCC.[O-][Cl+3]([O-])([O-])O. The van der Waals surface area contributed by atoms with Crippen LogP contribution in [0.3, 0.4) is 0 Å². The van der Waals surface area contributed by atoms with E-state index in [9.17, 15) is 0 Å². The average Bonchev–Trinajstić information content (AvgIpc) is 3.17. The summed E-state index contributed by atoms with van der Waals surface area (Å²) in [5, 5.41) is 0. The quantitative estimate of drug-likeness (QED) is 0.0626. The van der Waals surface area contributed by atoms with E-state index in [1.807, 2.05) is 0 Å². The van der Waals surface area contributed by atoms with Crippen LogP contribution in [0.4, 0.5) is 0 Å². The van der Waals surface area contributed by atoms with E-state index in [-0.39, 0.29) is 31.7 Å². The minimum Gasteiger partial charge on any atom is -0.183 e. The Morgan fingerprint density at radius 3 is 0.600 bits per heavy atom. The summed E-state index contributed by atoms with van der Waals surface area (Å²) in [5.74, 6) is 2.17. The van der Waals surface area contributed by atoms with Gasteiger partial charge in [0.05, 0.1) is 14.9 Å². The van der Waals surface area contributed by atoms with Crippen LogP contribution < -0.4 is 14.0 Å². The van der Waals surface area contributed by atoms with Crippen LogP contribution in [0.2, 0.25) is 19.7 Å². The summed E-state index contributed by atoms with van der Waals surface area (Å²) in [4.78, 5) is 4.76. The Kier molecular flexibility index (Phi) is 53.7. The fourth-order valence-electron chi connectivity index (χ4n) is 5.73. The van der Waals surface area contributed by atoms with Crippen LogP contribution in [0.5, 0.6) is 0 Å². The second kappa shape index (κ2) is 46.4. The third kappa shape index (κ3) is 39.7. The van der Waals surface area contributed by atoms with Gasteiger partial charge in [-0.2, -0.15) is 14.0 Å². The maximum Gasteiger partial charge on any atom is 0.0777 e. The fourth-order valence-corrected chi connectivity index (χ4v) is 23.4. The molecule has 0 radical (unpaired) electrons. The molecule has 0 amide bonds. The average molecular weight is 1210 g/mol. The first-order chi connectivity index (χ1) is 26.4. The van der Waals surface area contributed by atoms with Crippen LogP contribution in [-0.2, 0) is 85.1 Å². The van der Waals surface area contributed by atoms with E-state index in [1.54, 1.807) is 0 Å². The normalized spacial score (nSPS) is 14.2. The first-order valence-corrected chi connectivity index (χ1v) is 35.1. The van der Waals surface area contributed by atoms with Gasteiger partial charge in [-0.3, -0.25) is 0 Å². The molecule has 1 N–H and O–H groups in total. The molecule has 0 heterocycles. The van der Waals surface area contributed by atoms with E-state index in [1.165, 1.54) is 172 Å². The number of hydrogen-bond acceptors (Lipinski definition) is 6. The van der Waals surface area contributed by atoms with Crippen molar-refractivity contribution in [1.29, 1.82) is 0 Å². The molecule has 0 spiro atoms. The van der Waals surface area contributed by atoms with Crippen LogP contribution in [-0.4, -0.2) is 77.3 Å². The van der Waals surface area contributed by atoms with Gasteiger partial charge in [0.25, 0.3) is 0 Å². The van der Waals surface area contributed by atoms with E-state index in [2.05, 4.69) is 131 Å². The van der Waals surface area contributed by atoms with Crippen molar-refractivity contribution in [1.82, 2.24) is 0 Å². The Morgan fingerprint density at radius 2 is 0.509 bits per heavy atom. The van der Waals surface area contributed by atoms with Gasteiger partial charge < -0.3 is 0 Å². The Morgan fingerprint density at radius 1 is 0.382 bits per heavy atom. The third-order valence-corrected chi connectivity index (χ3v) is 25.9. The summed E-state index contributed by atoms with van der Waals surface area (Å²) in [5.41, 5.74) is 0. The van der Waals surface area contributed by atoms with Gasteiger partial charge >= 0.3 is 367 Å². The van der Waals surface area contributed by atoms with Crippen molar-refractivity contribution in [2.24, 2.45) is 0 Å². The van der Waals surface area contributed by atoms with Crippen molar-refractivity contribution in [2.75, 3.05) is 49.3 Å². The number of hydrogen-bond donors (Lipinski definition) is 1. The molecule has 0 bridgehead atoms. The molecule has 0 saturated heterocycles. The third-order valence-electron chi connectivity index (χ3n) is 9.18. The van der Waals surface area contributed by atoms with Crippen LogP contribution in [0.15, 0.2) is 0 Å². The molecule has 0 aliphatic rings. The summed E-state index contributed by atoms with van der Waals surface area (Å²) in [6.07, 6.45) is 33.2. The number of unbranched alkanes of at least 4 members (excludes halogenated alkanes) is 8. The van der Waals surface area contributed by atoms with E-state index < -0.39 is 10.2 Å². The van der Waals surface area contributed by atoms with Gasteiger partial charge in [0, 0.05) is 0 Å². The Labute approximate surface area is 392 Å². The number of rotatable bonds is 36. The molecule has 55 heavy (non-hydrogen) atoms. The summed E-state index contributed by atoms with van der Waals surface area (Å²) in [6.45, 7) is 18.6. The molecular weight excluding hydrogens is 1130 g/mol. The summed E-state index contributed by atoms with van der Waals surface area (Å²) >= 11 is 10.4. The topological polar surface area (TPSA) is 108 Å². The van der Waals surface area contributed by atoms with Gasteiger partial charge in [-0.15, -0.1) is 0 Å². The molecule has 0 aliphatic heterocycles. The molecule has 336 valence electrons. The molecular formula is C40H85ClO6P4Tc4. The summed E-state index contributed by atoms with van der Waals surface area (Å²) < 4.78 is 46.5. The molecule has 0 aromatic rings. The molecule has 6 nitrogen and oxygen atoms in total. The van der Waals surface area contributed by atoms with Gasteiger partial charge in [0.15, 0.2) is 0 Å². The minimum absolute atomic E-state index is 0.0526. The van der Waals surface area contributed by atoms with Gasteiger partial charge in [-0.25, -0.2) is 0 Å². The van der Waals surface area contributed by atoms with Crippen molar-refractivity contribution in [2.45, 2.75) is 201 Å². The summed E-state index contributed by atoms with van der Waals surface area (Å²) in [6, 6.07) is 0. The van der Waals surface area contributed by atoms with Crippen LogP contribution in [0.25, 0.3) is 0 Å². The second-order valence-corrected chi connectivity index (χ2v) is 28.5. The first-order valence-electron chi connectivity index (χ1n) is 21.5. The Bertz CT molecular complexity index is 629. The molecule has 4 atom stereocenters. The number of halogens is 1. The second-order valence-electron chi connectivity index (χ2n) is 14.1. The van der Waals surface area contributed by atoms with Crippen molar-refractivity contribution in [3.63, 3.8) is 0 Å². The monoisotopic (exact) mass is 1210 g/mol. The van der Waals surface area contributed by atoms with Gasteiger partial charge in [-0.05, 0) is 0 Å². The minimum atomic E-state index is -4.69. The molecule has 0 aromatic carbocycles. The zero-order chi connectivity index (χ0) is 42.3. The predicted octanol–water partition coefficient (Wildman–Crippen LogP) is 11.4. The van der Waals surface area contributed by atoms with E-state index in [0.717, 1.165) is 0 Å². The standard InChI is InChI=1S/2C20H42OP2.ClHO4.4Tc/c2*1-7-11-15-22(16-12-8-2)19(5)21-20(6)23(17-13-9-3)18-14-10-4;2-1(3,4)5;;;;/h2*19-20H,5-18H2,1-4H3;(H,2,3,4,5);;;;. The zero-order valence-corrected chi connectivity index (χ0v) is 48.0. The van der Waals surface area contributed by atoms with Gasteiger partial charge in [0.1, 0.15) is 0 Å². The molecule has 4 unspecified atom stereocenters. The number of ether oxygens (including phenoxy) is 2.